The van der Waals surface area contributed by atoms with Crippen LogP contribution in [-0.2, 0) is 4.79 Å². The van der Waals surface area contributed by atoms with Gasteiger partial charge in [-0.1, -0.05) is 12.1 Å². The normalized spacial score (nSPS) is 17.2. The maximum absolute atomic E-state index is 12.9. The molecule has 1 fully saturated rings. The van der Waals surface area contributed by atoms with Gasteiger partial charge in [-0.15, -0.1) is 0 Å². The minimum absolute atomic E-state index is 0.0504. The van der Waals surface area contributed by atoms with Gasteiger partial charge in [-0.05, 0) is 43.5 Å². The Bertz CT molecular complexity index is 771. The topological polar surface area (TPSA) is 53.5 Å². The lowest BCUT2D eigenvalue weighted by Gasteiger charge is -2.25. The minimum Gasteiger partial charge on any atom is -0.310 e. The molecule has 0 spiro atoms. The molecule has 1 aromatic heterocycles. The number of pyridine rings is 1. The second-order valence-corrected chi connectivity index (χ2v) is 6.30. The smallest absolute Gasteiger partial charge is 0.258 e. The summed E-state index contributed by atoms with van der Waals surface area (Å²) in [4.78, 5) is 33.2. The molecule has 0 atom stereocenters. The van der Waals surface area contributed by atoms with Crippen molar-refractivity contribution in [2.75, 3.05) is 22.9 Å². The molecule has 0 bridgehead atoms. The van der Waals surface area contributed by atoms with E-state index in [2.05, 4.69) is 4.98 Å². The number of anilines is 2. The van der Waals surface area contributed by atoms with Gasteiger partial charge < -0.3 is 9.80 Å². The molecule has 122 valence electrons. The first kappa shape index (κ1) is 14.9. The maximum Gasteiger partial charge on any atom is 0.258 e. The highest BCUT2D eigenvalue weighted by Crippen LogP contribution is 2.38. The van der Waals surface area contributed by atoms with Crippen LogP contribution in [0.3, 0.4) is 0 Å². The van der Waals surface area contributed by atoms with Crippen molar-refractivity contribution < 1.29 is 9.59 Å². The van der Waals surface area contributed by atoms with E-state index in [1.54, 1.807) is 29.4 Å². The van der Waals surface area contributed by atoms with Gasteiger partial charge in [0.15, 0.2) is 0 Å². The Morgan fingerprint density at radius 2 is 1.54 bits per heavy atom. The van der Waals surface area contributed by atoms with Crippen molar-refractivity contribution in [3.63, 3.8) is 0 Å². The molecule has 24 heavy (non-hydrogen) atoms. The van der Waals surface area contributed by atoms with Crippen LogP contribution in [0.5, 0.6) is 0 Å². The Kier molecular flexibility index (Phi) is 3.76. The van der Waals surface area contributed by atoms with Gasteiger partial charge in [-0.3, -0.25) is 14.6 Å². The molecule has 0 N–H and O–H groups in total. The van der Waals surface area contributed by atoms with Gasteiger partial charge in [0, 0.05) is 37.0 Å². The summed E-state index contributed by atoms with van der Waals surface area (Å²) in [6, 6.07) is 11.1. The van der Waals surface area contributed by atoms with Crippen LogP contribution in [0.1, 0.15) is 29.6 Å². The number of para-hydroxylation sites is 2. The number of rotatable bonds is 2. The van der Waals surface area contributed by atoms with Crippen molar-refractivity contribution in [3.8, 4) is 0 Å². The van der Waals surface area contributed by atoms with Crippen LogP contribution in [-0.4, -0.2) is 29.9 Å². The van der Waals surface area contributed by atoms with Gasteiger partial charge >= 0.3 is 0 Å². The Morgan fingerprint density at radius 1 is 0.917 bits per heavy atom. The molecule has 1 aliphatic carbocycles. The molecule has 2 aromatic rings. The van der Waals surface area contributed by atoms with Crippen molar-refractivity contribution in [1.82, 2.24) is 4.98 Å². The fourth-order valence-electron chi connectivity index (χ4n) is 3.19. The van der Waals surface area contributed by atoms with Crippen LogP contribution in [0, 0.1) is 5.92 Å². The lowest BCUT2D eigenvalue weighted by molar-refractivity contribution is -0.119. The third kappa shape index (κ3) is 2.66. The highest BCUT2D eigenvalue weighted by molar-refractivity contribution is 6.10. The first-order valence-electron chi connectivity index (χ1n) is 8.38. The van der Waals surface area contributed by atoms with E-state index in [0.717, 1.165) is 30.6 Å². The summed E-state index contributed by atoms with van der Waals surface area (Å²) in [6.07, 6.45) is 5.98. The van der Waals surface area contributed by atoms with E-state index in [4.69, 9.17) is 0 Å². The molecule has 5 heteroatoms. The van der Waals surface area contributed by atoms with Crippen molar-refractivity contribution in [2.45, 2.75) is 19.3 Å². The molecule has 0 saturated heterocycles. The number of fused-ring (bicyclic) bond motifs is 1. The zero-order valence-corrected chi connectivity index (χ0v) is 13.4. The van der Waals surface area contributed by atoms with E-state index in [0.29, 0.717) is 18.7 Å². The highest BCUT2D eigenvalue weighted by Gasteiger charge is 2.36. The van der Waals surface area contributed by atoms with Gasteiger partial charge in [0.1, 0.15) is 0 Å². The number of hydrogen-bond donors (Lipinski definition) is 0. The summed E-state index contributed by atoms with van der Waals surface area (Å²) in [5.41, 5.74) is 2.27. The molecule has 1 saturated carbocycles. The van der Waals surface area contributed by atoms with Crippen LogP contribution in [0.2, 0.25) is 0 Å². The largest absolute Gasteiger partial charge is 0.310 e. The first-order valence-corrected chi connectivity index (χ1v) is 8.38. The number of nitrogens with zero attached hydrogens (tertiary/aromatic N) is 3. The van der Waals surface area contributed by atoms with Crippen LogP contribution in [0.25, 0.3) is 0 Å². The van der Waals surface area contributed by atoms with Gasteiger partial charge in [-0.2, -0.15) is 0 Å². The lowest BCUT2D eigenvalue weighted by atomic mass is 10.2. The highest BCUT2D eigenvalue weighted by atomic mass is 16.2. The Labute approximate surface area is 140 Å². The number of hydrogen-bond acceptors (Lipinski definition) is 3. The molecular formula is C19H19N3O2. The number of carbonyl (C=O) groups excluding carboxylic acids is 2. The van der Waals surface area contributed by atoms with E-state index in [1.807, 2.05) is 29.2 Å². The average Bonchev–Trinajstić information content (AvgIpc) is 3.48. The third-order valence-corrected chi connectivity index (χ3v) is 4.59. The monoisotopic (exact) mass is 321 g/mol. The average molecular weight is 321 g/mol. The van der Waals surface area contributed by atoms with Crippen LogP contribution in [0.15, 0.2) is 48.8 Å². The fourth-order valence-corrected chi connectivity index (χ4v) is 3.19. The molecule has 1 aromatic carbocycles. The molecule has 2 heterocycles. The Hall–Kier alpha value is -2.69. The number of amides is 2. The van der Waals surface area contributed by atoms with Crippen LogP contribution >= 0.6 is 0 Å². The molecular weight excluding hydrogens is 302 g/mol. The Balaban J connectivity index is 1.72. The van der Waals surface area contributed by atoms with E-state index in [9.17, 15) is 9.59 Å². The van der Waals surface area contributed by atoms with E-state index in [-0.39, 0.29) is 17.7 Å². The molecule has 2 amide bonds. The summed E-state index contributed by atoms with van der Waals surface area (Å²) in [5, 5.41) is 0. The lowest BCUT2D eigenvalue weighted by Crippen LogP contribution is -2.32. The zero-order chi connectivity index (χ0) is 16.5. The van der Waals surface area contributed by atoms with Crippen molar-refractivity contribution in [3.05, 3.63) is 54.4 Å². The molecule has 0 radical (unpaired) electrons. The minimum atomic E-state index is -0.0504. The molecule has 4 rings (SSSR count). The number of aromatic nitrogens is 1. The molecule has 0 unspecified atom stereocenters. The van der Waals surface area contributed by atoms with Crippen molar-refractivity contribution >= 4 is 23.2 Å². The van der Waals surface area contributed by atoms with Crippen LogP contribution in [0.4, 0.5) is 11.4 Å². The predicted molar refractivity (Wildman–Crippen MR) is 92.0 cm³/mol. The summed E-state index contributed by atoms with van der Waals surface area (Å²) in [5.74, 6) is 0.312. The van der Waals surface area contributed by atoms with Gasteiger partial charge in [0.25, 0.3) is 5.91 Å². The summed E-state index contributed by atoms with van der Waals surface area (Å²) < 4.78 is 0. The van der Waals surface area contributed by atoms with E-state index >= 15 is 0 Å². The molecule has 2 aliphatic rings. The SMILES string of the molecule is O=C(c1ccncc1)N1CCCN(C(=O)C2CC2)c2ccccc21. The maximum atomic E-state index is 12.9. The van der Waals surface area contributed by atoms with Gasteiger partial charge in [0.05, 0.1) is 11.4 Å². The summed E-state index contributed by atoms with van der Waals surface area (Å²) >= 11 is 0. The van der Waals surface area contributed by atoms with E-state index in [1.165, 1.54) is 0 Å². The third-order valence-electron chi connectivity index (χ3n) is 4.59. The molecule has 5 nitrogen and oxygen atoms in total. The quantitative estimate of drug-likeness (QED) is 0.854. The molecule has 1 aliphatic heterocycles. The Morgan fingerprint density at radius 3 is 2.21 bits per heavy atom. The van der Waals surface area contributed by atoms with Crippen molar-refractivity contribution in [2.24, 2.45) is 5.92 Å². The van der Waals surface area contributed by atoms with Gasteiger partial charge in [0.2, 0.25) is 5.91 Å². The number of benzene rings is 1. The van der Waals surface area contributed by atoms with Gasteiger partial charge in [-0.25, -0.2) is 0 Å². The standard InChI is InChI=1S/C19H19N3O2/c23-18(14-6-7-14)21-12-3-13-22(17-5-2-1-4-16(17)21)19(24)15-8-10-20-11-9-15/h1-2,4-5,8-11,14H,3,6-7,12-13H2. The first-order chi connectivity index (χ1) is 11.8. The van der Waals surface area contributed by atoms with Crippen molar-refractivity contribution in [1.29, 1.82) is 0 Å². The summed E-state index contributed by atoms with van der Waals surface area (Å²) in [6.45, 7) is 1.26. The second-order valence-electron chi connectivity index (χ2n) is 6.30. The predicted octanol–water partition coefficient (Wildman–Crippen LogP) is 2.88. The van der Waals surface area contributed by atoms with Crippen LogP contribution < -0.4 is 9.80 Å². The van der Waals surface area contributed by atoms with E-state index < -0.39 is 0 Å². The number of carbonyl (C=O) groups is 2. The zero-order valence-electron chi connectivity index (χ0n) is 13.4. The fraction of sp³-hybridized carbons (Fsp3) is 0.316. The summed E-state index contributed by atoms with van der Waals surface area (Å²) in [7, 11) is 0. The second kappa shape index (κ2) is 6.07.